The van der Waals surface area contributed by atoms with Crippen LogP contribution in [0.5, 0.6) is 0 Å². The molecule has 17 heavy (non-hydrogen) atoms. The predicted molar refractivity (Wildman–Crippen MR) is 69.0 cm³/mol. The summed E-state index contributed by atoms with van der Waals surface area (Å²) in [7, 11) is 1.42. The molecule has 0 aromatic heterocycles. The van der Waals surface area contributed by atoms with Gasteiger partial charge in [0.05, 0.1) is 7.11 Å². The van der Waals surface area contributed by atoms with E-state index < -0.39 is 5.54 Å². The first-order chi connectivity index (χ1) is 7.93. The smallest absolute Gasteiger partial charge is 0.330 e. The molecule has 3 nitrogen and oxygen atoms in total. The molecule has 1 atom stereocenters. The van der Waals surface area contributed by atoms with Gasteiger partial charge < -0.3 is 4.74 Å². The molecule has 1 N–H and O–H groups in total. The minimum Gasteiger partial charge on any atom is -0.467 e. The highest BCUT2D eigenvalue weighted by Crippen LogP contribution is 2.24. The number of carbonyl (C=O) groups is 1. The topological polar surface area (TPSA) is 38.3 Å². The molecule has 0 spiro atoms. The third-order valence-corrected chi connectivity index (χ3v) is 2.92. The van der Waals surface area contributed by atoms with Crippen molar-refractivity contribution in [2.75, 3.05) is 13.7 Å². The fourth-order valence-electron chi connectivity index (χ4n) is 2.11. The van der Waals surface area contributed by atoms with E-state index in [1.807, 2.05) is 39.8 Å². The summed E-state index contributed by atoms with van der Waals surface area (Å²) in [6.45, 7) is 8.60. The molecule has 0 saturated heterocycles. The number of esters is 1. The molecule has 0 saturated carbocycles. The molecule has 0 aliphatic carbocycles. The molecule has 3 heteroatoms. The zero-order chi connectivity index (χ0) is 13.1. The molecule has 1 aromatic rings. The maximum absolute atomic E-state index is 12.0. The first kappa shape index (κ1) is 13.7. The van der Waals surface area contributed by atoms with E-state index in [1.165, 1.54) is 7.11 Å². The minimum absolute atomic E-state index is 0.260. The van der Waals surface area contributed by atoms with E-state index >= 15 is 0 Å². The van der Waals surface area contributed by atoms with Gasteiger partial charge in [-0.2, -0.15) is 0 Å². The number of aryl methyl sites for hydroxylation is 2. The number of hydrogen-bond donors (Lipinski definition) is 1. The molecule has 0 bridgehead atoms. The van der Waals surface area contributed by atoms with Gasteiger partial charge in [-0.3, -0.25) is 5.32 Å². The van der Waals surface area contributed by atoms with Crippen molar-refractivity contribution in [1.29, 1.82) is 0 Å². The Morgan fingerprint density at radius 2 is 1.82 bits per heavy atom. The summed E-state index contributed by atoms with van der Waals surface area (Å²) >= 11 is 0. The second kappa shape index (κ2) is 5.32. The van der Waals surface area contributed by atoms with Crippen molar-refractivity contribution >= 4 is 5.97 Å². The summed E-state index contributed by atoms with van der Waals surface area (Å²) in [5, 5.41) is 3.21. The molecule has 1 unspecified atom stereocenters. The van der Waals surface area contributed by atoms with Gasteiger partial charge in [-0.25, -0.2) is 4.79 Å². The van der Waals surface area contributed by atoms with Crippen molar-refractivity contribution in [2.24, 2.45) is 0 Å². The Hall–Kier alpha value is -1.35. The Balaban J connectivity index is 3.26. The van der Waals surface area contributed by atoms with Crippen molar-refractivity contribution in [2.45, 2.75) is 33.2 Å². The first-order valence-corrected chi connectivity index (χ1v) is 5.86. The summed E-state index contributed by atoms with van der Waals surface area (Å²) < 4.78 is 4.90. The Bertz CT molecular complexity index is 394. The summed E-state index contributed by atoms with van der Waals surface area (Å²) in [6.07, 6.45) is 0. The van der Waals surface area contributed by atoms with Crippen molar-refractivity contribution < 1.29 is 9.53 Å². The summed E-state index contributed by atoms with van der Waals surface area (Å²) in [5.74, 6) is -0.260. The lowest BCUT2D eigenvalue weighted by Crippen LogP contribution is -2.47. The van der Waals surface area contributed by atoms with Crippen LogP contribution in [0.15, 0.2) is 18.2 Å². The van der Waals surface area contributed by atoms with Crippen molar-refractivity contribution in [3.8, 4) is 0 Å². The average molecular weight is 235 g/mol. The van der Waals surface area contributed by atoms with Crippen molar-refractivity contribution in [3.63, 3.8) is 0 Å². The fourth-order valence-corrected chi connectivity index (χ4v) is 2.11. The lowest BCUT2D eigenvalue weighted by Gasteiger charge is -2.28. The first-order valence-electron chi connectivity index (χ1n) is 5.86. The molecule has 0 aliphatic heterocycles. The molecule has 1 rings (SSSR count). The van der Waals surface area contributed by atoms with E-state index in [1.54, 1.807) is 0 Å². The number of rotatable bonds is 4. The van der Waals surface area contributed by atoms with Crippen molar-refractivity contribution in [1.82, 2.24) is 5.32 Å². The van der Waals surface area contributed by atoms with Gasteiger partial charge in [0.25, 0.3) is 0 Å². The summed E-state index contributed by atoms with van der Waals surface area (Å²) in [6, 6.07) is 6.13. The molecular weight excluding hydrogens is 214 g/mol. The van der Waals surface area contributed by atoms with E-state index in [4.69, 9.17) is 4.74 Å². The fraction of sp³-hybridized carbons (Fsp3) is 0.500. The third kappa shape index (κ3) is 2.86. The van der Waals surface area contributed by atoms with Gasteiger partial charge in [-0.05, 0) is 32.9 Å². The zero-order valence-corrected chi connectivity index (χ0v) is 11.3. The summed E-state index contributed by atoms with van der Waals surface area (Å²) in [4.78, 5) is 12.0. The second-order valence-electron chi connectivity index (χ2n) is 4.52. The second-order valence-corrected chi connectivity index (χ2v) is 4.52. The number of ether oxygens (including phenoxy) is 1. The highest BCUT2D eigenvalue weighted by Gasteiger charge is 2.35. The zero-order valence-electron chi connectivity index (χ0n) is 11.3. The number of benzene rings is 1. The van der Waals surface area contributed by atoms with E-state index in [0.717, 1.165) is 16.7 Å². The van der Waals surface area contributed by atoms with Crippen LogP contribution in [-0.4, -0.2) is 19.6 Å². The highest BCUT2D eigenvalue weighted by atomic mass is 16.5. The number of likely N-dealkylation sites (N-methyl/N-ethyl adjacent to an activating group) is 1. The quantitative estimate of drug-likeness (QED) is 0.814. The molecule has 94 valence electrons. The van der Waals surface area contributed by atoms with Gasteiger partial charge in [0, 0.05) is 0 Å². The van der Waals surface area contributed by atoms with Crippen LogP contribution < -0.4 is 5.32 Å². The van der Waals surface area contributed by atoms with Crippen molar-refractivity contribution in [3.05, 3.63) is 34.9 Å². The number of nitrogens with one attached hydrogen (secondary N) is 1. The monoisotopic (exact) mass is 235 g/mol. The van der Waals surface area contributed by atoms with Crippen LogP contribution in [0.4, 0.5) is 0 Å². The molecule has 0 amide bonds. The minimum atomic E-state index is -0.778. The molecule has 0 aliphatic rings. The van der Waals surface area contributed by atoms with Crippen LogP contribution in [0.3, 0.4) is 0 Å². The van der Waals surface area contributed by atoms with Gasteiger partial charge in [-0.1, -0.05) is 36.2 Å². The van der Waals surface area contributed by atoms with Crippen LogP contribution in [-0.2, 0) is 15.1 Å². The van der Waals surface area contributed by atoms with Gasteiger partial charge in [0.15, 0.2) is 0 Å². The van der Waals surface area contributed by atoms with E-state index in [0.29, 0.717) is 6.54 Å². The molecule has 1 aromatic carbocycles. The van der Waals surface area contributed by atoms with Crippen LogP contribution in [0.2, 0.25) is 0 Å². The average Bonchev–Trinajstić information content (AvgIpc) is 2.26. The van der Waals surface area contributed by atoms with Crippen LogP contribution in [0.1, 0.15) is 30.5 Å². The number of carbonyl (C=O) groups excluding carboxylic acids is 1. The lowest BCUT2D eigenvalue weighted by atomic mass is 9.89. The SMILES string of the molecule is CCNC(C)(C(=O)OC)c1cc(C)cc(C)c1. The number of methoxy groups -OCH3 is 1. The Labute approximate surface area is 103 Å². The Morgan fingerprint density at radius 1 is 1.29 bits per heavy atom. The van der Waals surface area contributed by atoms with E-state index in [2.05, 4.69) is 11.4 Å². The standard InChI is InChI=1S/C14H21NO2/c1-6-15-14(4,13(16)17-5)12-8-10(2)7-11(3)9-12/h7-9,15H,6H2,1-5H3. The molecule has 0 radical (unpaired) electrons. The number of hydrogen-bond acceptors (Lipinski definition) is 3. The Kier molecular flexibility index (Phi) is 4.29. The van der Waals surface area contributed by atoms with Crippen LogP contribution >= 0.6 is 0 Å². The van der Waals surface area contributed by atoms with Gasteiger partial charge in [0.1, 0.15) is 5.54 Å². The van der Waals surface area contributed by atoms with Crippen LogP contribution in [0.25, 0.3) is 0 Å². The van der Waals surface area contributed by atoms with E-state index in [-0.39, 0.29) is 5.97 Å². The van der Waals surface area contributed by atoms with Gasteiger partial charge in [-0.15, -0.1) is 0 Å². The lowest BCUT2D eigenvalue weighted by molar-refractivity contribution is -0.148. The van der Waals surface area contributed by atoms with E-state index in [9.17, 15) is 4.79 Å². The maximum Gasteiger partial charge on any atom is 0.330 e. The normalized spacial score (nSPS) is 14.2. The predicted octanol–water partition coefficient (Wildman–Crippen LogP) is 2.30. The van der Waals surface area contributed by atoms with Gasteiger partial charge in [0.2, 0.25) is 0 Å². The Morgan fingerprint density at radius 3 is 2.24 bits per heavy atom. The van der Waals surface area contributed by atoms with Gasteiger partial charge >= 0.3 is 5.97 Å². The molecule has 0 fully saturated rings. The summed E-state index contributed by atoms with van der Waals surface area (Å²) in [5.41, 5.74) is 2.46. The van der Waals surface area contributed by atoms with Crippen LogP contribution in [0, 0.1) is 13.8 Å². The largest absolute Gasteiger partial charge is 0.467 e. The molecule has 0 heterocycles. The third-order valence-electron chi connectivity index (χ3n) is 2.92. The maximum atomic E-state index is 12.0. The highest BCUT2D eigenvalue weighted by molar-refractivity contribution is 5.82. The molecular formula is C14H21NO2.